The molecule has 2 atom stereocenters. The predicted molar refractivity (Wildman–Crippen MR) is 90.4 cm³/mol. The zero-order valence-electron chi connectivity index (χ0n) is 18.8. The molecule has 2 saturated heterocycles. The Morgan fingerprint density at radius 2 is 2.04 bits per heavy atom. The third kappa shape index (κ3) is 2.53. The number of carbonyl (C=O) groups is 1. The van der Waals surface area contributed by atoms with Gasteiger partial charge in [0.15, 0.2) is 5.69 Å². The van der Waals surface area contributed by atoms with E-state index in [1.807, 2.05) is 0 Å². The van der Waals surface area contributed by atoms with E-state index < -0.39 is 19.9 Å². The second-order valence-corrected chi connectivity index (χ2v) is 6.57. The van der Waals surface area contributed by atoms with Crippen LogP contribution in [0.4, 0.5) is 0 Å². The van der Waals surface area contributed by atoms with Crippen LogP contribution >= 0.6 is 0 Å². The number of aromatic nitrogens is 2. The number of piperidine rings is 2. The number of benzene rings is 1. The Morgan fingerprint density at radius 3 is 2.78 bits per heavy atom. The molecule has 4 rings (SSSR count). The molecule has 0 spiro atoms. The van der Waals surface area contributed by atoms with Crippen LogP contribution in [0.5, 0.6) is 0 Å². The molecule has 1 N–H and O–H groups in total. The minimum absolute atomic E-state index is 0.0835. The van der Waals surface area contributed by atoms with Crippen molar-refractivity contribution in [2.24, 2.45) is 6.98 Å². The zero-order chi connectivity index (χ0) is 21.0. The predicted octanol–water partition coefficient (Wildman–Crippen LogP) is 2.32. The number of amides is 1. The second-order valence-electron chi connectivity index (χ2n) is 6.57. The average Bonchev–Trinajstić information content (AvgIpc) is 3.00. The fraction of sp³-hybridized carbons (Fsp3) is 0.556. The molecule has 122 valence electrons. The minimum atomic E-state index is -2.49. The largest absolute Gasteiger partial charge is 0.348 e. The fourth-order valence-electron chi connectivity index (χ4n) is 3.99. The van der Waals surface area contributed by atoms with Crippen LogP contribution in [0.15, 0.2) is 24.3 Å². The molecule has 2 aliphatic rings. The van der Waals surface area contributed by atoms with Crippen molar-refractivity contribution >= 4 is 16.8 Å². The van der Waals surface area contributed by atoms with Crippen LogP contribution in [-0.4, -0.2) is 45.7 Å². The summed E-state index contributed by atoms with van der Waals surface area (Å²) in [7, 11) is 0. The van der Waals surface area contributed by atoms with E-state index in [1.165, 1.54) is 0 Å². The monoisotopic (exact) mass is 318 g/mol. The summed E-state index contributed by atoms with van der Waals surface area (Å²) < 4.78 is 47.4. The number of hydrogen-bond donors (Lipinski definition) is 1. The van der Waals surface area contributed by atoms with Crippen molar-refractivity contribution in [3.8, 4) is 0 Å². The van der Waals surface area contributed by atoms with Crippen molar-refractivity contribution in [1.29, 1.82) is 0 Å². The van der Waals surface area contributed by atoms with Crippen molar-refractivity contribution < 1.29 is 13.0 Å². The summed E-state index contributed by atoms with van der Waals surface area (Å²) in [4.78, 5) is 14.6. The van der Waals surface area contributed by atoms with E-state index >= 15 is 0 Å². The topological polar surface area (TPSA) is 50.2 Å². The molecule has 1 amide bonds. The molecule has 2 bridgehead atoms. The molecule has 23 heavy (non-hydrogen) atoms. The molecule has 0 unspecified atom stereocenters. The van der Waals surface area contributed by atoms with Crippen LogP contribution < -0.4 is 5.32 Å². The van der Waals surface area contributed by atoms with E-state index in [4.69, 9.17) is 8.22 Å². The highest BCUT2D eigenvalue weighted by molar-refractivity contribution is 6.04. The zero-order valence-corrected chi connectivity index (χ0v) is 12.8. The number of para-hydroxylation sites is 1. The molecule has 2 fully saturated rings. The van der Waals surface area contributed by atoms with Gasteiger partial charge in [0.05, 0.1) is 5.52 Å². The number of nitrogens with one attached hydrogen (secondary N) is 1. The van der Waals surface area contributed by atoms with Crippen molar-refractivity contribution in [1.82, 2.24) is 20.0 Å². The summed E-state index contributed by atoms with van der Waals surface area (Å²) >= 11 is 0. The standard InChI is InChI=1S/C18H24N4O/c1-21-13-6-5-7-14(21)11-12(10-13)19-18(23)17-15-8-3-4-9-16(15)22(2)20-17/h3-4,8-9,12-14H,5-7,10-11H2,1-2H3,(H,19,23)/t13-,14-/m1/s1/i1D3,2D3. The highest BCUT2D eigenvalue weighted by atomic mass is 16.2. The molecule has 1 aromatic carbocycles. The van der Waals surface area contributed by atoms with Crippen LogP contribution in [0.1, 0.15) is 50.8 Å². The number of fused-ring (bicyclic) bond motifs is 3. The van der Waals surface area contributed by atoms with Gasteiger partial charge in [0.1, 0.15) is 0 Å². The minimum Gasteiger partial charge on any atom is -0.348 e. The Kier molecular flexibility index (Phi) is 2.31. The molecule has 2 aromatic rings. The number of aryl methyl sites for hydroxylation is 1. The third-order valence-corrected chi connectivity index (χ3v) is 5.11. The second kappa shape index (κ2) is 5.64. The maximum Gasteiger partial charge on any atom is 0.272 e. The van der Waals surface area contributed by atoms with E-state index in [0.717, 1.165) is 23.9 Å². The van der Waals surface area contributed by atoms with Gasteiger partial charge in [0, 0.05) is 38.7 Å². The van der Waals surface area contributed by atoms with Crippen molar-refractivity contribution in [3.63, 3.8) is 0 Å². The molecule has 1 aromatic heterocycles. The molecule has 0 aliphatic carbocycles. The number of carbonyl (C=O) groups excluding carboxylic acids is 1. The van der Waals surface area contributed by atoms with Crippen molar-refractivity contribution in [2.45, 2.75) is 50.2 Å². The van der Waals surface area contributed by atoms with Crippen molar-refractivity contribution in [2.75, 3.05) is 6.98 Å². The van der Waals surface area contributed by atoms with Crippen LogP contribution in [0.25, 0.3) is 10.9 Å². The molecule has 2 aliphatic heterocycles. The lowest BCUT2D eigenvalue weighted by molar-refractivity contribution is 0.0462. The van der Waals surface area contributed by atoms with E-state index in [2.05, 4.69) is 10.4 Å². The maximum absolute atomic E-state index is 13.0. The van der Waals surface area contributed by atoms with Gasteiger partial charge in [-0.2, -0.15) is 5.10 Å². The highest BCUT2D eigenvalue weighted by Gasteiger charge is 2.36. The summed E-state index contributed by atoms with van der Waals surface area (Å²) in [5, 5.41) is 7.57. The lowest BCUT2D eigenvalue weighted by Crippen LogP contribution is -2.55. The van der Waals surface area contributed by atoms with Gasteiger partial charge in [0.25, 0.3) is 5.91 Å². The van der Waals surface area contributed by atoms with Crippen LogP contribution in [0, 0.1) is 0 Å². The molecule has 5 heteroatoms. The molecule has 0 radical (unpaired) electrons. The SMILES string of the molecule is [2H]C([2H])([2H])N1[C@@H]2CCC[C@@H]1CC(NC(=O)c1nn(C([2H])([2H])[2H])c3ccccc13)C2. The van der Waals surface area contributed by atoms with Gasteiger partial charge in [-0.05, 0) is 38.7 Å². The smallest absolute Gasteiger partial charge is 0.272 e. The van der Waals surface area contributed by atoms with Gasteiger partial charge in [-0.3, -0.25) is 9.48 Å². The summed E-state index contributed by atoms with van der Waals surface area (Å²) in [5.74, 6) is -0.422. The first-order valence-electron chi connectivity index (χ1n) is 11.1. The number of nitrogens with zero attached hydrogens (tertiary/aromatic N) is 3. The van der Waals surface area contributed by atoms with E-state index in [1.54, 1.807) is 29.2 Å². The van der Waals surface area contributed by atoms with Gasteiger partial charge >= 0.3 is 0 Å². The molecule has 0 saturated carbocycles. The van der Waals surface area contributed by atoms with E-state index in [-0.39, 0.29) is 23.8 Å². The van der Waals surface area contributed by atoms with Gasteiger partial charge < -0.3 is 10.2 Å². The van der Waals surface area contributed by atoms with E-state index in [0.29, 0.717) is 23.7 Å². The molecule has 3 heterocycles. The highest BCUT2D eigenvalue weighted by Crippen LogP contribution is 2.32. The van der Waals surface area contributed by atoms with Gasteiger partial charge in [-0.25, -0.2) is 0 Å². The fourth-order valence-corrected chi connectivity index (χ4v) is 3.99. The first-order valence-corrected chi connectivity index (χ1v) is 8.13. The Balaban J connectivity index is 1.57. The molecule has 5 nitrogen and oxygen atoms in total. The van der Waals surface area contributed by atoms with Gasteiger partial charge in [-0.15, -0.1) is 0 Å². The van der Waals surface area contributed by atoms with E-state index in [9.17, 15) is 4.79 Å². The number of hydrogen-bond acceptors (Lipinski definition) is 3. The summed E-state index contributed by atoms with van der Waals surface area (Å²) in [5.41, 5.74) is 0.465. The average molecular weight is 318 g/mol. The Labute approximate surface area is 145 Å². The number of rotatable bonds is 2. The summed E-state index contributed by atoms with van der Waals surface area (Å²) in [6.45, 7) is -4.61. The first-order chi connectivity index (χ1) is 13.6. The Hall–Kier alpha value is -1.88. The van der Waals surface area contributed by atoms with Crippen LogP contribution in [0.2, 0.25) is 0 Å². The van der Waals surface area contributed by atoms with Crippen LogP contribution in [0.3, 0.4) is 0 Å². The Bertz CT molecular complexity index is 907. The first kappa shape index (κ1) is 9.42. The maximum atomic E-state index is 13.0. The summed E-state index contributed by atoms with van der Waals surface area (Å²) in [6, 6.07) is 6.43. The molecular weight excluding hydrogens is 288 g/mol. The Morgan fingerprint density at radius 1 is 1.26 bits per heavy atom. The van der Waals surface area contributed by atoms with Gasteiger partial charge in [-0.1, -0.05) is 24.6 Å². The van der Waals surface area contributed by atoms with Gasteiger partial charge in [0.2, 0.25) is 0 Å². The quantitative estimate of drug-likeness (QED) is 0.924. The lowest BCUT2D eigenvalue weighted by atomic mass is 9.82. The third-order valence-electron chi connectivity index (χ3n) is 5.11. The molecular formula is C18H24N4O. The van der Waals surface area contributed by atoms with Crippen molar-refractivity contribution in [3.05, 3.63) is 30.0 Å². The van der Waals surface area contributed by atoms with Crippen LogP contribution in [-0.2, 0) is 6.98 Å². The summed E-state index contributed by atoms with van der Waals surface area (Å²) in [6.07, 6.45) is 3.74. The lowest BCUT2D eigenvalue weighted by Gasteiger charge is -2.47. The normalized spacial score (nSPS) is 33.0.